The summed E-state index contributed by atoms with van der Waals surface area (Å²) in [5, 5.41) is 12.6. The maximum Gasteiger partial charge on any atom is 0.358 e. The van der Waals surface area contributed by atoms with E-state index in [1.54, 1.807) is 7.05 Å². The van der Waals surface area contributed by atoms with Gasteiger partial charge < -0.3 is 9.84 Å². The molecular formula is C9H13ClN2O3. The van der Waals surface area contributed by atoms with Crippen molar-refractivity contribution in [3.05, 3.63) is 10.7 Å². The molecule has 0 aliphatic carbocycles. The molecule has 15 heavy (non-hydrogen) atoms. The van der Waals surface area contributed by atoms with Gasteiger partial charge in [0.2, 0.25) is 5.88 Å². The van der Waals surface area contributed by atoms with E-state index in [4.69, 9.17) is 21.4 Å². The normalized spacial score (nSPS) is 10.7. The Morgan fingerprint density at radius 1 is 1.67 bits per heavy atom. The molecule has 0 saturated heterocycles. The molecule has 0 amide bonds. The maximum absolute atomic E-state index is 10.7. The lowest BCUT2D eigenvalue weighted by Gasteiger charge is -2.08. The third-order valence-corrected chi connectivity index (χ3v) is 2.04. The Bertz CT molecular complexity index is 374. The molecule has 0 aliphatic heterocycles. The van der Waals surface area contributed by atoms with Crippen LogP contribution in [-0.2, 0) is 7.05 Å². The van der Waals surface area contributed by atoms with Crippen molar-refractivity contribution in [2.75, 3.05) is 6.61 Å². The fraction of sp³-hybridized carbons (Fsp3) is 0.556. The average Bonchev–Trinajstić information content (AvgIpc) is 2.39. The van der Waals surface area contributed by atoms with Gasteiger partial charge in [0.05, 0.1) is 6.61 Å². The Labute approximate surface area is 92.6 Å². The number of rotatable bonds is 4. The Balaban J connectivity index is 2.93. The largest absolute Gasteiger partial charge is 0.476 e. The molecule has 1 heterocycles. The summed E-state index contributed by atoms with van der Waals surface area (Å²) in [6, 6.07) is 0. The second kappa shape index (κ2) is 4.53. The van der Waals surface area contributed by atoms with Gasteiger partial charge >= 0.3 is 5.97 Å². The minimum Gasteiger partial charge on any atom is -0.476 e. The highest BCUT2D eigenvalue weighted by atomic mass is 35.5. The van der Waals surface area contributed by atoms with Crippen LogP contribution in [-0.4, -0.2) is 27.5 Å². The number of hydrogen-bond donors (Lipinski definition) is 1. The predicted octanol–water partition coefficient (Wildman–Crippen LogP) is 1.81. The van der Waals surface area contributed by atoms with E-state index in [-0.39, 0.29) is 10.7 Å². The predicted molar refractivity (Wildman–Crippen MR) is 55.5 cm³/mol. The van der Waals surface area contributed by atoms with Crippen molar-refractivity contribution in [2.24, 2.45) is 13.0 Å². The first kappa shape index (κ1) is 11.8. The van der Waals surface area contributed by atoms with Crippen LogP contribution in [0.1, 0.15) is 24.3 Å². The highest BCUT2D eigenvalue weighted by Crippen LogP contribution is 2.27. The zero-order chi connectivity index (χ0) is 11.6. The lowest BCUT2D eigenvalue weighted by molar-refractivity contribution is 0.0690. The standard InChI is InChI=1S/C9H13ClN2O3/c1-5(2)4-15-8-6(10)7(9(13)14)11-12(8)3/h5H,4H2,1-3H3,(H,13,14). The average molecular weight is 233 g/mol. The van der Waals surface area contributed by atoms with Crippen LogP contribution in [0.5, 0.6) is 5.88 Å². The number of carboxylic acid groups (broad SMARTS) is 1. The number of ether oxygens (including phenoxy) is 1. The van der Waals surface area contributed by atoms with Gasteiger partial charge in [-0.15, -0.1) is 0 Å². The molecule has 1 rings (SSSR count). The molecule has 0 bridgehead atoms. The van der Waals surface area contributed by atoms with Gasteiger partial charge in [0, 0.05) is 7.05 Å². The summed E-state index contributed by atoms with van der Waals surface area (Å²) in [6.07, 6.45) is 0. The minimum atomic E-state index is -1.16. The van der Waals surface area contributed by atoms with E-state index in [0.29, 0.717) is 18.4 Å². The zero-order valence-electron chi connectivity index (χ0n) is 8.82. The van der Waals surface area contributed by atoms with Gasteiger partial charge in [0.1, 0.15) is 5.02 Å². The first-order valence-electron chi connectivity index (χ1n) is 4.52. The van der Waals surface area contributed by atoms with Crippen LogP contribution < -0.4 is 4.74 Å². The summed E-state index contributed by atoms with van der Waals surface area (Å²) in [5.74, 6) is -0.526. The van der Waals surface area contributed by atoms with Crippen LogP contribution in [0.2, 0.25) is 5.02 Å². The van der Waals surface area contributed by atoms with E-state index in [1.165, 1.54) is 4.68 Å². The molecule has 5 nitrogen and oxygen atoms in total. The fourth-order valence-corrected chi connectivity index (χ4v) is 1.32. The summed E-state index contributed by atoms with van der Waals surface area (Å²) in [6.45, 7) is 4.45. The second-order valence-electron chi connectivity index (χ2n) is 3.60. The molecule has 0 atom stereocenters. The van der Waals surface area contributed by atoms with Gasteiger partial charge in [0.15, 0.2) is 5.69 Å². The summed E-state index contributed by atoms with van der Waals surface area (Å²) in [5.41, 5.74) is -0.182. The molecule has 0 unspecified atom stereocenters. The van der Waals surface area contributed by atoms with Crippen molar-refractivity contribution in [1.29, 1.82) is 0 Å². The molecule has 0 spiro atoms. The van der Waals surface area contributed by atoms with Crippen LogP contribution >= 0.6 is 11.6 Å². The number of halogens is 1. The third kappa shape index (κ3) is 2.62. The summed E-state index contributed by atoms with van der Waals surface area (Å²) >= 11 is 5.82. The van der Waals surface area contributed by atoms with Gasteiger partial charge in [-0.25, -0.2) is 9.48 Å². The van der Waals surface area contributed by atoms with Crippen molar-refractivity contribution in [3.8, 4) is 5.88 Å². The molecule has 0 saturated carbocycles. The lowest BCUT2D eigenvalue weighted by Crippen LogP contribution is -2.07. The van der Waals surface area contributed by atoms with Gasteiger partial charge in [0.25, 0.3) is 0 Å². The first-order chi connectivity index (χ1) is 6.93. The van der Waals surface area contributed by atoms with Crippen LogP contribution in [0.3, 0.4) is 0 Å². The van der Waals surface area contributed by atoms with Crippen molar-refractivity contribution < 1.29 is 14.6 Å². The van der Waals surface area contributed by atoms with Gasteiger partial charge in [-0.05, 0) is 5.92 Å². The molecule has 1 aromatic heterocycles. The van der Waals surface area contributed by atoms with E-state index in [0.717, 1.165) is 0 Å². The molecule has 6 heteroatoms. The third-order valence-electron chi connectivity index (χ3n) is 1.70. The van der Waals surface area contributed by atoms with Gasteiger partial charge in [-0.3, -0.25) is 0 Å². The number of aromatic nitrogens is 2. The molecule has 0 radical (unpaired) electrons. The number of nitrogens with zero attached hydrogens (tertiary/aromatic N) is 2. The second-order valence-corrected chi connectivity index (χ2v) is 3.98. The lowest BCUT2D eigenvalue weighted by atomic mass is 10.2. The molecule has 1 aromatic rings. The van der Waals surface area contributed by atoms with E-state index in [9.17, 15) is 4.79 Å². The fourth-order valence-electron chi connectivity index (χ4n) is 1.02. The zero-order valence-corrected chi connectivity index (χ0v) is 9.58. The Morgan fingerprint density at radius 2 is 2.27 bits per heavy atom. The van der Waals surface area contributed by atoms with Crippen molar-refractivity contribution in [1.82, 2.24) is 9.78 Å². The van der Waals surface area contributed by atoms with Crippen LogP contribution in [0.25, 0.3) is 0 Å². The Morgan fingerprint density at radius 3 is 2.67 bits per heavy atom. The number of aromatic carboxylic acids is 1. The van der Waals surface area contributed by atoms with E-state index >= 15 is 0 Å². The summed E-state index contributed by atoms with van der Waals surface area (Å²) in [4.78, 5) is 10.7. The van der Waals surface area contributed by atoms with Crippen LogP contribution in [0, 0.1) is 5.92 Å². The highest BCUT2D eigenvalue weighted by molar-refractivity contribution is 6.34. The molecule has 84 valence electrons. The smallest absolute Gasteiger partial charge is 0.358 e. The van der Waals surface area contributed by atoms with E-state index in [2.05, 4.69) is 5.10 Å². The topological polar surface area (TPSA) is 64.3 Å². The number of aryl methyl sites for hydroxylation is 1. The quantitative estimate of drug-likeness (QED) is 0.860. The first-order valence-corrected chi connectivity index (χ1v) is 4.89. The molecule has 0 fully saturated rings. The molecule has 1 N–H and O–H groups in total. The Hall–Kier alpha value is -1.23. The van der Waals surface area contributed by atoms with Crippen molar-refractivity contribution in [2.45, 2.75) is 13.8 Å². The van der Waals surface area contributed by atoms with Crippen molar-refractivity contribution >= 4 is 17.6 Å². The van der Waals surface area contributed by atoms with Crippen LogP contribution in [0.4, 0.5) is 0 Å². The number of carboxylic acids is 1. The van der Waals surface area contributed by atoms with E-state index < -0.39 is 5.97 Å². The van der Waals surface area contributed by atoms with Gasteiger partial charge in [-0.1, -0.05) is 25.4 Å². The monoisotopic (exact) mass is 232 g/mol. The minimum absolute atomic E-state index is 0.0469. The van der Waals surface area contributed by atoms with Crippen LogP contribution in [0.15, 0.2) is 0 Å². The van der Waals surface area contributed by atoms with Crippen molar-refractivity contribution in [3.63, 3.8) is 0 Å². The van der Waals surface area contributed by atoms with Gasteiger partial charge in [-0.2, -0.15) is 5.10 Å². The molecular weight excluding hydrogens is 220 g/mol. The SMILES string of the molecule is CC(C)COc1c(Cl)c(C(=O)O)nn1C. The number of carbonyl (C=O) groups is 1. The Kier molecular flexibility index (Phi) is 3.57. The number of hydrogen-bond acceptors (Lipinski definition) is 3. The molecule has 0 aliphatic rings. The maximum atomic E-state index is 10.7. The molecule has 0 aromatic carbocycles. The summed E-state index contributed by atoms with van der Waals surface area (Å²) in [7, 11) is 1.59. The summed E-state index contributed by atoms with van der Waals surface area (Å²) < 4.78 is 6.69. The highest BCUT2D eigenvalue weighted by Gasteiger charge is 2.20. The van der Waals surface area contributed by atoms with E-state index in [1.807, 2.05) is 13.8 Å².